The van der Waals surface area contributed by atoms with Gasteiger partial charge in [-0.1, -0.05) is 29.8 Å². The molecule has 0 aliphatic heterocycles. The first-order chi connectivity index (χ1) is 14.4. The molecular weight excluding hydrogens is 422 g/mol. The number of nitrogens with one attached hydrogen (secondary N) is 2. The average molecular weight is 440 g/mol. The monoisotopic (exact) mass is 439 g/mol. The van der Waals surface area contributed by atoms with Gasteiger partial charge in [0.25, 0.3) is 5.91 Å². The van der Waals surface area contributed by atoms with Gasteiger partial charge < -0.3 is 16.4 Å². The summed E-state index contributed by atoms with van der Waals surface area (Å²) in [4.78, 5) is 37.0. The Morgan fingerprint density at radius 1 is 1.03 bits per heavy atom. The number of rotatable bonds is 7. The lowest BCUT2D eigenvalue weighted by Crippen LogP contribution is -2.33. The van der Waals surface area contributed by atoms with Crippen molar-refractivity contribution in [3.63, 3.8) is 0 Å². The molecule has 3 rings (SSSR count). The summed E-state index contributed by atoms with van der Waals surface area (Å²) in [5, 5.41) is 5.79. The third-order valence-corrected chi connectivity index (χ3v) is 5.32. The first-order valence-corrected chi connectivity index (χ1v) is 10.1. The van der Waals surface area contributed by atoms with Crippen LogP contribution in [0.2, 0.25) is 5.02 Å². The van der Waals surface area contributed by atoms with E-state index in [0.717, 1.165) is 15.3 Å². The standard InChI is InChI=1S/C22H18ClN3O3S/c23-16-6-4-14(5-7-16)19-10-8-18(30-19)9-11-21(28)26-17-3-1-2-15(12-17)22(29)25-13-20(24)27/h1-12H,13H2,(H2,24,27)(H,25,29)(H,26,28). The van der Waals surface area contributed by atoms with E-state index < -0.39 is 11.8 Å². The zero-order valence-electron chi connectivity index (χ0n) is 15.7. The van der Waals surface area contributed by atoms with Crippen LogP contribution in [0.1, 0.15) is 15.2 Å². The van der Waals surface area contributed by atoms with Gasteiger partial charge in [-0.3, -0.25) is 14.4 Å². The molecule has 0 spiro atoms. The molecule has 3 amide bonds. The van der Waals surface area contributed by atoms with E-state index in [0.29, 0.717) is 16.3 Å². The molecule has 3 aromatic rings. The minimum Gasteiger partial charge on any atom is -0.368 e. The lowest BCUT2D eigenvalue weighted by atomic mass is 10.2. The summed E-state index contributed by atoms with van der Waals surface area (Å²) in [6.07, 6.45) is 3.15. The molecule has 4 N–H and O–H groups in total. The molecule has 0 aliphatic carbocycles. The molecule has 0 bridgehead atoms. The third kappa shape index (κ3) is 6.04. The van der Waals surface area contributed by atoms with Gasteiger partial charge in [0, 0.05) is 32.1 Å². The van der Waals surface area contributed by atoms with E-state index in [-0.39, 0.29) is 12.5 Å². The zero-order valence-corrected chi connectivity index (χ0v) is 17.3. The molecule has 0 radical (unpaired) electrons. The highest BCUT2D eigenvalue weighted by atomic mass is 35.5. The molecule has 0 atom stereocenters. The number of carbonyl (C=O) groups excluding carboxylic acids is 3. The van der Waals surface area contributed by atoms with Crippen molar-refractivity contribution in [3.8, 4) is 10.4 Å². The van der Waals surface area contributed by atoms with Crippen LogP contribution in [0.3, 0.4) is 0 Å². The Labute approximate surface area is 182 Å². The Morgan fingerprint density at radius 2 is 1.80 bits per heavy atom. The Hall–Kier alpha value is -3.42. The van der Waals surface area contributed by atoms with Crippen LogP contribution in [-0.2, 0) is 9.59 Å². The maximum absolute atomic E-state index is 12.2. The molecule has 0 fully saturated rings. The number of hydrogen-bond donors (Lipinski definition) is 3. The van der Waals surface area contributed by atoms with Crippen molar-refractivity contribution in [2.45, 2.75) is 0 Å². The number of amides is 3. The normalized spacial score (nSPS) is 10.7. The summed E-state index contributed by atoms with van der Waals surface area (Å²) in [5.74, 6) is -1.41. The van der Waals surface area contributed by atoms with Gasteiger partial charge >= 0.3 is 0 Å². The summed E-state index contributed by atoms with van der Waals surface area (Å²) < 4.78 is 0. The smallest absolute Gasteiger partial charge is 0.251 e. The van der Waals surface area contributed by atoms with E-state index in [1.165, 1.54) is 12.1 Å². The summed E-state index contributed by atoms with van der Waals surface area (Å²) in [6, 6.07) is 17.9. The molecule has 1 aromatic heterocycles. The topological polar surface area (TPSA) is 101 Å². The summed E-state index contributed by atoms with van der Waals surface area (Å²) >= 11 is 7.47. The molecule has 1 heterocycles. The van der Waals surface area contributed by atoms with Crippen LogP contribution in [0.5, 0.6) is 0 Å². The highest BCUT2D eigenvalue weighted by Gasteiger charge is 2.08. The number of nitrogens with two attached hydrogens (primary N) is 1. The minimum atomic E-state index is -0.634. The van der Waals surface area contributed by atoms with Gasteiger partial charge in [0.15, 0.2) is 0 Å². The summed E-state index contributed by atoms with van der Waals surface area (Å²) in [7, 11) is 0. The molecule has 0 aliphatic rings. The number of anilines is 1. The van der Waals surface area contributed by atoms with E-state index in [1.807, 2.05) is 36.4 Å². The zero-order chi connectivity index (χ0) is 21.5. The molecule has 152 valence electrons. The quantitative estimate of drug-likeness (QED) is 0.486. The van der Waals surface area contributed by atoms with Crippen molar-refractivity contribution in [1.82, 2.24) is 5.32 Å². The van der Waals surface area contributed by atoms with Gasteiger partial charge in [-0.2, -0.15) is 0 Å². The van der Waals surface area contributed by atoms with Crippen LogP contribution in [0.15, 0.2) is 66.7 Å². The van der Waals surface area contributed by atoms with Crippen molar-refractivity contribution in [2.75, 3.05) is 11.9 Å². The lowest BCUT2D eigenvalue weighted by Gasteiger charge is -2.06. The maximum Gasteiger partial charge on any atom is 0.251 e. The lowest BCUT2D eigenvalue weighted by molar-refractivity contribution is -0.117. The van der Waals surface area contributed by atoms with Crippen molar-refractivity contribution in [1.29, 1.82) is 0 Å². The van der Waals surface area contributed by atoms with E-state index in [4.69, 9.17) is 17.3 Å². The largest absolute Gasteiger partial charge is 0.368 e. The number of thiophene rings is 1. The third-order valence-electron chi connectivity index (χ3n) is 3.97. The van der Waals surface area contributed by atoms with E-state index in [9.17, 15) is 14.4 Å². The molecule has 6 nitrogen and oxygen atoms in total. The van der Waals surface area contributed by atoms with Gasteiger partial charge in [-0.15, -0.1) is 11.3 Å². The van der Waals surface area contributed by atoms with E-state index >= 15 is 0 Å². The van der Waals surface area contributed by atoms with E-state index in [1.54, 1.807) is 35.6 Å². The minimum absolute atomic E-state index is 0.253. The van der Waals surface area contributed by atoms with Crippen molar-refractivity contribution in [2.24, 2.45) is 5.73 Å². The fourth-order valence-electron chi connectivity index (χ4n) is 2.56. The molecular formula is C22H18ClN3O3S. The van der Waals surface area contributed by atoms with Crippen molar-refractivity contribution in [3.05, 3.63) is 82.2 Å². The summed E-state index contributed by atoms with van der Waals surface area (Å²) in [5.41, 5.74) is 6.84. The van der Waals surface area contributed by atoms with Crippen molar-refractivity contribution >= 4 is 52.4 Å². The Morgan fingerprint density at radius 3 is 2.53 bits per heavy atom. The first-order valence-electron chi connectivity index (χ1n) is 8.92. The van der Waals surface area contributed by atoms with Crippen LogP contribution in [0.25, 0.3) is 16.5 Å². The summed E-state index contributed by atoms with van der Waals surface area (Å²) in [6.45, 7) is -0.253. The van der Waals surface area contributed by atoms with Crippen LogP contribution in [0.4, 0.5) is 5.69 Å². The highest BCUT2D eigenvalue weighted by Crippen LogP contribution is 2.29. The Balaban J connectivity index is 1.61. The molecule has 8 heteroatoms. The molecule has 30 heavy (non-hydrogen) atoms. The van der Waals surface area contributed by atoms with Crippen LogP contribution in [0, 0.1) is 0 Å². The van der Waals surface area contributed by atoms with Gasteiger partial charge in [0.2, 0.25) is 11.8 Å². The van der Waals surface area contributed by atoms with E-state index in [2.05, 4.69) is 10.6 Å². The second-order valence-electron chi connectivity index (χ2n) is 6.26. The fourth-order valence-corrected chi connectivity index (χ4v) is 3.60. The van der Waals surface area contributed by atoms with Gasteiger partial charge in [-0.05, 0) is 54.1 Å². The highest BCUT2D eigenvalue weighted by molar-refractivity contribution is 7.16. The first kappa shape index (κ1) is 21.3. The van der Waals surface area contributed by atoms with Gasteiger partial charge in [0.05, 0.1) is 6.54 Å². The van der Waals surface area contributed by atoms with Crippen LogP contribution >= 0.6 is 22.9 Å². The predicted octanol–water partition coefficient (Wildman–Crippen LogP) is 3.94. The second kappa shape index (κ2) is 9.87. The number of primary amides is 1. The number of benzene rings is 2. The second-order valence-corrected chi connectivity index (χ2v) is 7.81. The molecule has 0 saturated heterocycles. The molecule has 2 aromatic carbocycles. The van der Waals surface area contributed by atoms with Gasteiger partial charge in [-0.25, -0.2) is 0 Å². The number of hydrogen-bond acceptors (Lipinski definition) is 4. The molecule has 0 saturated carbocycles. The Kier molecular flexibility index (Phi) is 7.00. The Bertz CT molecular complexity index is 1110. The molecule has 0 unspecified atom stereocenters. The van der Waals surface area contributed by atoms with Crippen LogP contribution < -0.4 is 16.4 Å². The number of carbonyl (C=O) groups is 3. The predicted molar refractivity (Wildman–Crippen MR) is 120 cm³/mol. The SMILES string of the molecule is NC(=O)CNC(=O)c1cccc(NC(=O)C=Cc2ccc(-c3ccc(Cl)cc3)s2)c1. The fraction of sp³-hybridized carbons (Fsp3) is 0.0455. The van der Waals surface area contributed by atoms with Crippen molar-refractivity contribution < 1.29 is 14.4 Å². The number of halogens is 1. The average Bonchev–Trinajstić information content (AvgIpc) is 3.20. The maximum atomic E-state index is 12.2. The van der Waals surface area contributed by atoms with Crippen LogP contribution in [-0.4, -0.2) is 24.3 Å². The van der Waals surface area contributed by atoms with Gasteiger partial charge in [0.1, 0.15) is 0 Å².